The van der Waals surface area contributed by atoms with Gasteiger partial charge in [-0.25, -0.2) is 13.9 Å². The molecule has 5 rings (SSSR count). The van der Waals surface area contributed by atoms with Crippen LogP contribution in [0.1, 0.15) is 37.0 Å². The second-order valence-electron chi connectivity index (χ2n) is 8.62. The number of anilines is 1. The Balaban J connectivity index is 1.31. The van der Waals surface area contributed by atoms with Gasteiger partial charge >= 0.3 is 6.09 Å². The van der Waals surface area contributed by atoms with Crippen LogP contribution in [0.3, 0.4) is 0 Å². The average molecular weight is 502 g/mol. The van der Waals surface area contributed by atoms with Crippen LogP contribution in [0, 0.1) is 17.1 Å². The molecule has 7 nitrogen and oxygen atoms in total. The topological polar surface area (TPSA) is 92.8 Å². The first-order valence-electron chi connectivity index (χ1n) is 11.3. The Morgan fingerprint density at radius 2 is 1.92 bits per heavy atom. The van der Waals surface area contributed by atoms with Crippen molar-refractivity contribution in [2.24, 2.45) is 0 Å². The Morgan fingerprint density at radius 3 is 2.56 bits per heavy atom. The molecule has 0 radical (unpaired) electrons. The van der Waals surface area contributed by atoms with Gasteiger partial charge in [0.15, 0.2) is 11.6 Å². The van der Waals surface area contributed by atoms with Gasteiger partial charge in [0, 0.05) is 16.1 Å². The normalized spacial score (nSPS) is 14.5. The zero-order valence-corrected chi connectivity index (χ0v) is 20.0. The zero-order chi connectivity index (χ0) is 25.3. The highest BCUT2D eigenvalue weighted by molar-refractivity contribution is 6.31. The van der Waals surface area contributed by atoms with E-state index in [0.717, 1.165) is 30.2 Å². The van der Waals surface area contributed by atoms with Crippen LogP contribution in [-0.4, -0.2) is 20.9 Å². The first-order valence-corrected chi connectivity index (χ1v) is 11.7. The maximum Gasteiger partial charge on any atom is 0.413 e. The van der Waals surface area contributed by atoms with E-state index in [9.17, 15) is 14.4 Å². The van der Waals surface area contributed by atoms with Gasteiger partial charge in [-0.05, 0) is 43.5 Å². The molecule has 1 N–H and O–H groups in total. The molecule has 4 aromatic rings. The number of carbonyl (C=O) groups is 1. The fraction of sp³-hybridized carbons (Fsp3) is 0.185. The van der Waals surface area contributed by atoms with Crippen LogP contribution in [0.25, 0.3) is 16.9 Å². The maximum atomic E-state index is 14.5. The van der Waals surface area contributed by atoms with Crippen LogP contribution >= 0.6 is 11.6 Å². The van der Waals surface area contributed by atoms with E-state index < -0.39 is 18.0 Å². The number of pyridine rings is 1. The molecule has 1 saturated carbocycles. The van der Waals surface area contributed by atoms with Crippen molar-refractivity contribution < 1.29 is 13.9 Å². The third-order valence-corrected chi connectivity index (χ3v) is 6.61. The van der Waals surface area contributed by atoms with E-state index in [-0.39, 0.29) is 11.2 Å². The van der Waals surface area contributed by atoms with E-state index in [1.54, 1.807) is 43.3 Å². The Bertz CT molecular complexity index is 1460. The van der Waals surface area contributed by atoms with Gasteiger partial charge < -0.3 is 4.74 Å². The largest absolute Gasteiger partial charge is 0.441 e. The number of nitrogens with zero attached hydrogens (tertiary/aromatic N) is 4. The molecule has 0 spiro atoms. The minimum atomic E-state index is -0.849. The lowest BCUT2D eigenvalue weighted by molar-refractivity contribution is 0.121. The van der Waals surface area contributed by atoms with Crippen molar-refractivity contribution in [2.75, 3.05) is 5.32 Å². The fourth-order valence-corrected chi connectivity index (χ4v) is 4.31. The van der Waals surface area contributed by atoms with Gasteiger partial charge in [-0.1, -0.05) is 54.1 Å². The summed E-state index contributed by atoms with van der Waals surface area (Å²) in [4.78, 5) is 17.0. The molecule has 2 heterocycles. The van der Waals surface area contributed by atoms with E-state index in [1.807, 2.05) is 24.3 Å². The Labute approximate surface area is 212 Å². The van der Waals surface area contributed by atoms with Gasteiger partial charge in [-0.3, -0.25) is 10.3 Å². The molecule has 36 heavy (non-hydrogen) atoms. The smallest absolute Gasteiger partial charge is 0.413 e. The number of aromatic nitrogens is 3. The summed E-state index contributed by atoms with van der Waals surface area (Å²) in [5.41, 5.74) is 3.37. The van der Waals surface area contributed by atoms with E-state index in [0.29, 0.717) is 22.0 Å². The van der Waals surface area contributed by atoms with E-state index in [1.165, 1.54) is 10.9 Å². The molecular formula is C27H21ClFN5O2. The highest BCUT2D eigenvalue weighted by Crippen LogP contribution is 2.47. The lowest BCUT2D eigenvalue weighted by atomic mass is 9.96. The van der Waals surface area contributed by atoms with Crippen molar-refractivity contribution in [3.8, 4) is 23.0 Å². The average Bonchev–Trinajstić information content (AvgIpc) is 3.62. The Kier molecular flexibility index (Phi) is 6.17. The van der Waals surface area contributed by atoms with Gasteiger partial charge in [-0.15, -0.1) is 0 Å². The molecule has 9 heteroatoms. The third-order valence-electron chi connectivity index (χ3n) is 6.26. The van der Waals surface area contributed by atoms with Gasteiger partial charge in [0.25, 0.3) is 0 Å². The first kappa shape index (κ1) is 23.5. The van der Waals surface area contributed by atoms with Crippen LogP contribution in [0.2, 0.25) is 5.02 Å². The molecule has 1 amide bonds. The van der Waals surface area contributed by atoms with Crippen molar-refractivity contribution >= 4 is 23.5 Å². The predicted molar refractivity (Wildman–Crippen MR) is 133 cm³/mol. The number of ether oxygens (including phenoxy) is 1. The standard InChI is InChI=1S/C27H21ClFN5O2/c1-17(21-4-2-3-5-22(21)28)36-26(35)33-25-23(29)15-32-34(25)20-10-11-24(31-14-20)18-6-8-19(9-7-18)27(16-30)12-13-27/h2-11,14-15,17H,12-13H2,1H3,(H,33,35)/t17-/m1/s1. The second-order valence-corrected chi connectivity index (χ2v) is 9.03. The molecule has 2 aromatic heterocycles. The van der Waals surface area contributed by atoms with Crippen molar-refractivity contribution in [1.82, 2.24) is 14.8 Å². The van der Waals surface area contributed by atoms with Gasteiger partial charge in [0.2, 0.25) is 0 Å². The molecular weight excluding hydrogens is 481 g/mol. The first-order chi connectivity index (χ1) is 17.4. The number of rotatable bonds is 6. The van der Waals surface area contributed by atoms with Crippen LogP contribution in [-0.2, 0) is 10.2 Å². The van der Waals surface area contributed by atoms with Crippen LogP contribution in [0.4, 0.5) is 15.0 Å². The molecule has 2 aromatic carbocycles. The summed E-state index contributed by atoms with van der Waals surface area (Å²) in [7, 11) is 0. The summed E-state index contributed by atoms with van der Waals surface area (Å²) in [6, 6.07) is 20.7. The number of hydrogen-bond acceptors (Lipinski definition) is 5. The van der Waals surface area contributed by atoms with Crippen molar-refractivity contribution in [2.45, 2.75) is 31.3 Å². The number of amides is 1. The molecule has 1 aliphatic rings. The van der Waals surface area contributed by atoms with Crippen molar-refractivity contribution in [3.05, 3.63) is 95.0 Å². The number of benzene rings is 2. The maximum absolute atomic E-state index is 14.5. The minimum absolute atomic E-state index is 0.170. The molecule has 0 aliphatic heterocycles. The van der Waals surface area contributed by atoms with Crippen LogP contribution in [0.5, 0.6) is 0 Å². The Hall–Kier alpha value is -4.22. The molecule has 180 valence electrons. The number of halogens is 2. The minimum Gasteiger partial charge on any atom is -0.441 e. The second kappa shape index (κ2) is 9.44. The molecule has 0 bridgehead atoms. The third kappa shape index (κ3) is 4.53. The molecule has 1 atom stereocenters. The quantitative estimate of drug-likeness (QED) is 0.321. The van der Waals surface area contributed by atoms with Gasteiger partial charge in [0.05, 0.1) is 35.3 Å². The van der Waals surface area contributed by atoms with E-state index in [2.05, 4.69) is 21.5 Å². The van der Waals surface area contributed by atoms with Crippen LogP contribution < -0.4 is 5.32 Å². The summed E-state index contributed by atoms with van der Waals surface area (Å²) in [6.45, 7) is 1.68. The highest BCUT2D eigenvalue weighted by Gasteiger charge is 2.44. The summed E-state index contributed by atoms with van der Waals surface area (Å²) >= 11 is 6.16. The number of nitrogens with one attached hydrogen (secondary N) is 1. The lowest BCUT2D eigenvalue weighted by Crippen LogP contribution is -2.19. The van der Waals surface area contributed by atoms with Crippen molar-refractivity contribution in [1.29, 1.82) is 5.26 Å². The SMILES string of the molecule is C[C@@H](OC(=O)Nc1c(F)cnn1-c1ccc(-c2ccc(C3(C#N)CC3)cc2)nc1)c1ccccc1Cl. The van der Waals surface area contributed by atoms with Crippen molar-refractivity contribution in [3.63, 3.8) is 0 Å². The monoisotopic (exact) mass is 501 g/mol. The predicted octanol–water partition coefficient (Wildman–Crippen LogP) is 6.59. The van der Waals surface area contributed by atoms with Gasteiger partial charge in [0.1, 0.15) is 6.10 Å². The molecule has 0 saturated heterocycles. The van der Waals surface area contributed by atoms with Crippen LogP contribution in [0.15, 0.2) is 73.1 Å². The van der Waals surface area contributed by atoms with Gasteiger partial charge in [-0.2, -0.15) is 10.4 Å². The molecule has 1 fully saturated rings. The zero-order valence-electron chi connectivity index (χ0n) is 19.3. The fourth-order valence-electron chi connectivity index (χ4n) is 4.02. The summed E-state index contributed by atoms with van der Waals surface area (Å²) < 4.78 is 21.1. The number of nitriles is 1. The Morgan fingerprint density at radius 1 is 1.17 bits per heavy atom. The summed E-state index contributed by atoms with van der Waals surface area (Å²) in [5, 5.41) is 16.3. The molecule has 0 unspecified atom stereocenters. The van der Waals surface area contributed by atoms with E-state index >= 15 is 0 Å². The van der Waals surface area contributed by atoms with E-state index in [4.69, 9.17) is 16.3 Å². The summed E-state index contributed by atoms with van der Waals surface area (Å²) in [6.07, 6.45) is 2.82. The molecule has 1 aliphatic carbocycles. The number of carbonyl (C=O) groups excluding carboxylic acids is 1. The highest BCUT2D eigenvalue weighted by atomic mass is 35.5. The number of hydrogen-bond donors (Lipinski definition) is 1. The summed E-state index contributed by atoms with van der Waals surface area (Å²) in [5.74, 6) is -0.889. The lowest BCUT2D eigenvalue weighted by Gasteiger charge is -2.16.